The van der Waals surface area contributed by atoms with Gasteiger partial charge >= 0.3 is 35.5 Å². The molecule has 2 saturated heterocycles. The fourth-order valence-electron chi connectivity index (χ4n) is 3.84. The Hall–Kier alpha value is -0.280. The molecule has 0 bridgehead atoms. The number of carbonyl (C=O) groups is 3. The number of hydrogen-bond acceptors (Lipinski definition) is 5. The molecular formula is C15H24N3NaO4S. The number of amides is 2. The van der Waals surface area contributed by atoms with E-state index in [0.717, 1.165) is 19.3 Å². The van der Waals surface area contributed by atoms with Gasteiger partial charge in [-0.25, -0.2) is 4.79 Å². The van der Waals surface area contributed by atoms with Gasteiger partial charge in [-0.2, -0.15) is 0 Å². The predicted octanol–water partition coefficient (Wildman–Crippen LogP) is -2.60. The Balaban J connectivity index is 0.00000156. The van der Waals surface area contributed by atoms with Crippen LogP contribution in [0.5, 0.6) is 0 Å². The second kappa shape index (κ2) is 6.79. The zero-order chi connectivity index (χ0) is 17.0. The smallest absolute Gasteiger partial charge is 1.00 e. The average molecular weight is 365 g/mol. The molecule has 3 atom stereocenters. The van der Waals surface area contributed by atoms with E-state index in [1.807, 2.05) is 13.8 Å². The maximum atomic E-state index is 12.5. The van der Waals surface area contributed by atoms with E-state index in [-0.39, 0.29) is 48.2 Å². The zero-order valence-corrected chi connectivity index (χ0v) is 17.2. The van der Waals surface area contributed by atoms with E-state index in [1.165, 1.54) is 16.7 Å². The van der Waals surface area contributed by atoms with E-state index in [0.29, 0.717) is 12.8 Å². The van der Waals surface area contributed by atoms with Crippen LogP contribution in [0.15, 0.2) is 0 Å². The molecule has 3 rings (SSSR count). The van der Waals surface area contributed by atoms with Crippen LogP contribution in [0, 0.1) is 0 Å². The summed E-state index contributed by atoms with van der Waals surface area (Å²) in [5.74, 6) is -1.62. The number of thioether (sulfide) groups is 1. The molecule has 7 nitrogen and oxygen atoms in total. The first kappa shape index (κ1) is 20.0. The standard InChI is InChI=1S/C15H23N3O4S.Na.H/c1-14(2)9(12(20)21)18-10(19)8(11(18)23-14)17-13(22)15(16)6-4-3-5-7-15;;/h8-9,11H,3-7,16H2,1-2H3,(H,17,22)(H,20,21);;/q;+1;-1/t8-,9+,11-;;/m1../s1. The van der Waals surface area contributed by atoms with Crippen LogP contribution in [0.1, 0.15) is 47.4 Å². The summed E-state index contributed by atoms with van der Waals surface area (Å²) in [7, 11) is 0. The molecule has 2 aliphatic heterocycles. The summed E-state index contributed by atoms with van der Waals surface area (Å²) in [5.41, 5.74) is 5.30. The number of carboxylic acids is 1. The van der Waals surface area contributed by atoms with Crippen LogP contribution in [0.25, 0.3) is 0 Å². The van der Waals surface area contributed by atoms with E-state index in [2.05, 4.69) is 5.32 Å². The number of nitrogens with zero attached hydrogens (tertiary/aromatic N) is 1. The van der Waals surface area contributed by atoms with Gasteiger partial charge in [-0.05, 0) is 26.7 Å². The first-order chi connectivity index (χ1) is 10.7. The van der Waals surface area contributed by atoms with Crippen LogP contribution in [0.4, 0.5) is 0 Å². The van der Waals surface area contributed by atoms with Crippen LogP contribution >= 0.6 is 11.8 Å². The molecule has 0 aromatic rings. The summed E-state index contributed by atoms with van der Waals surface area (Å²) in [5, 5.41) is 11.8. The number of rotatable bonds is 3. The van der Waals surface area contributed by atoms with Crippen LogP contribution in [-0.4, -0.2) is 55.5 Å². The van der Waals surface area contributed by atoms with E-state index in [4.69, 9.17) is 5.73 Å². The molecule has 1 saturated carbocycles. The van der Waals surface area contributed by atoms with Gasteiger partial charge in [-0.1, -0.05) is 19.3 Å². The fraction of sp³-hybridized carbons (Fsp3) is 0.800. The Morgan fingerprint density at radius 3 is 2.46 bits per heavy atom. The van der Waals surface area contributed by atoms with Crippen molar-refractivity contribution in [3.05, 3.63) is 0 Å². The van der Waals surface area contributed by atoms with E-state index >= 15 is 0 Å². The summed E-state index contributed by atoms with van der Waals surface area (Å²) in [6.07, 6.45) is 4.17. The topological polar surface area (TPSA) is 113 Å². The number of carboxylic acid groups (broad SMARTS) is 1. The third kappa shape index (κ3) is 3.11. The molecule has 2 heterocycles. The minimum absolute atomic E-state index is 0. The zero-order valence-electron chi connectivity index (χ0n) is 15.4. The number of nitrogens with two attached hydrogens (primary N) is 1. The number of β-lactam (4-membered cyclic amide) rings is 1. The van der Waals surface area contributed by atoms with Crippen molar-refractivity contribution in [2.75, 3.05) is 0 Å². The maximum absolute atomic E-state index is 12.5. The molecule has 3 fully saturated rings. The van der Waals surface area contributed by atoms with Crippen molar-refractivity contribution < 1.29 is 50.5 Å². The van der Waals surface area contributed by atoms with E-state index < -0.39 is 28.3 Å². The summed E-state index contributed by atoms with van der Waals surface area (Å²) in [4.78, 5) is 37.7. The Bertz CT molecular complexity index is 571. The first-order valence-electron chi connectivity index (χ1n) is 8.00. The van der Waals surface area contributed by atoms with Crippen molar-refractivity contribution in [1.29, 1.82) is 0 Å². The predicted molar refractivity (Wildman–Crippen MR) is 86.8 cm³/mol. The van der Waals surface area contributed by atoms with Gasteiger partial charge in [0.05, 0.1) is 5.54 Å². The molecule has 130 valence electrons. The van der Waals surface area contributed by atoms with Gasteiger partial charge in [0.2, 0.25) is 11.8 Å². The van der Waals surface area contributed by atoms with Crippen molar-refractivity contribution in [3.8, 4) is 0 Å². The minimum atomic E-state index is -1.01. The fourth-order valence-corrected chi connectivity index (χ4v) is 5.47. The summed E-state index contributed by atoms with van der Waals surface area (Å²) < 4.78 is -0.586. The second-order valence-corrected chi connectivity index (χ2v) is 9.04. The molecule has 1 aliphatic carbocycles. The van der Waals surface area contributed by atoms with Gasteiger partial charge < -0.3 is 22.5 Å². The molecule has 3 aliphatic rings. The Morgan fingerprint density at radius 2 is 1.92 bits per heavy atom. The number of fused-ring (bicyclic) bond motifs is 1. The number of carbonyl (C=O) groups excluding carboxylic acids is 2. The molecule has 0 spiro atoms. The van der Waals surface area contributed by atoms with Gasteiger partial charge in [0.1, 0.15) is 17.5 Å². The molecule has 0 radical (unpaired) electrons. The molecule has 0 aromatic heterocycles. The Kier molecular flexibility index (Phi) is 5.67. The van der Waals surface area contributed by atoms with Crippen LogP contribution in [0.2, 0.25) is 0 Å². The molecule has 2 amide bonds. The van der Waals surface area contributed by atoms with Crippen LogP contribution < -0.4 is 40.6 Å². The summed E-state index contributed by atoms with van der Waals surface area (Å²) >= 11 is 1.42. The molecule has 0 aromatic carbocycles. The third-order valence-electron chi connectivity index (χ3n) is 5.16. The van der Waals surface area contributed by atoms with Crippen LogP contribution in [0.3, 0.4) is 0 Å². The second-order valence-electron chi connectivity index (χ2n) is 7.27. The molecule has 24 heavy (non-hydrogen) atoms. The van der Waals surface area contributed by atoms with Crippen molar-refractivity contribution in [2.45, 2.75) is 73.7 Å². The number of hydrogen-bond donors (Lipinski definition) is 3. The SMILES string of the molecule is CC1(C)S[C@@H]2[C@H](NC(=O)C3(N)CCCCC3)C(=O)N2[C@H]1C(=O)O.[H-].[Na+]. The number of aliphatic carboxylic acids is 1. The average Bonchev–Trinajstić information content (AvgIpc) is 2.73. The van der Waals surface area contributed by atoms with Gasteiger partial charge in [0.25, 0.3) is 0 Å². The van der Waals surface area contributed by atoms with Crippen molar-refractivity contribution in [3.63, 3.8) is 0 Å². The quantitative estimate of drug-likeness (QED) is 0.373. The molecular weight excluding hydrogens is 341 g/mol. The van der Waals surface area contributed by atoms with Crippen molar-refractivity contribution in [1.82, 2.24) is 10.2 Å². The Morgan fingerprint density at radius 1 is 1.33 bits per heavy atom. The Labute approximate surface area is 169 Å². The molecule has 0 unspecified atom stereocenters. The third-order valence-corrected chi connectivity index (χ3v) is 6.73. The van der Waals surface area contributed by atoms with Gasteiger partial charge in [0.15, 0.2) is 0 Å². The molecule has 9 heteroatoms. The van der Waals surface area contributed by atoms with Crippen molar-refractivity contribution >= 4 is 29.5 Å². The normalized spacial score (nSPS) is 33.0. The largest absolute Gasteiger partial charge is 1.00 e. The van der Waals surface area contributed by atoms with Crippen LogP contribution in [-0.2, 0) is 14.4 Å². The first-order valence-corrected chi connectivity index (χ1v) is 8.88. The van der Waals surface area contributed by atoms with Crippen molar-refractivity contribution in [2.24, 2.45) is 5.73 Å². The van der Waals surface area contributed by atoms with E-state index in [9.17, 15) is 19.5 Å². The summed E-state index contributed by atoms with van der Waals surface area (Å²) in [6.45, 7) is 3.62. The van der Waals surface area contributed by atoms with Gasteiger partial charge in [-0.3, -0.25) is 9.59 Å². The van der Waals surface area contributed by atoms with Gasteiger partial charge in [0, 0.05) is 4.75 Å². The number of nitrogens with one attached hydrogen (secondary N) is 1. The van der Waals surface area contributed by atoms with Gasteiger partial charge in [-0.15, -0.1) is 11.8 Å². The minimum Gasteiger partial charge on any atom is -1.00 e. The van der Waals surface area contributed by atoms with E-state index in [1.54, 1.807) is 0 Å². The maximum Gasteiger partial charge on any atom is 1.00 e. The molecule has 4 N–H and O–H groups in total. The monoisotopic (exact) mass is 365 g/mol. The summed E-state index contributed by atoms with van der Waals surface area (Å²) in [6, 6.07) is -1.53.